The highest BCUT2D eigenvalue weighted by molar-refractivity contribution is 6.28. The van der Waals surface area contributed by atoms with E-state index >= 15 is 0 Å². The smallest absolute Gasteiger partial charge is 0.325 e. The highest BCUT2D eigenvalue weighted by Gasteiger charge is 2.51. The maximum absolute atomic E-state index is 14.7. The molecule has 0 atom stereocenters. The van der Waals surface area contributed by atoms with Crippen LogP contribution in [-0.4, -0.2) is 48.1 Å². The van der Waals surface area contributed by atoms with E-state index in [1.165, 1.54) is 18.2 Å². The van der Waals surface area contributed by atoms with Crippen LogP contribution in [0.5, 0.6) is 0 Å². The number of hydrogen-bond acceptors (Lipinski definition) is 6. The van der Waals surface area contributed by atoms with Gasteiger partial charge >= 0.3 is 5.97 Å². The Balaban J connectivity index is 1.96. The van der Waals surface area contributed by atoms with Crippen LogP contribution in [0.25, 0.3) is 5.76 Å². The first-order valence-electron chi connectivity index (χ1n) is 9.42. The SMILES string of the molecule is CC(C)(C)OC(=O)CNC(=O)C1=C(O)c2cccc(F)c2C2(CCOCC2)C1=O. The van der Waals surface area contributed by atoms with Crippen LogP contribution in [0.1, 0.15) is 44.7 Å². The Bertz CT molecular complexity index is 893. The Hall–Kier alpha value is -2.74. The van der Waals surface area contributed by atoms with Gasteiger partial charge in [-0.25, -0.2) is 4.39 Å². The monoisotopic (exact) mass is 405 g/mol. The zero-order valence-electron chi connectivity index (χ0n) is 16.6. The van der Waals surface area contributed by atoms with Crippen LogP contribution in [0.2, 0.25) is 0 Å². The molecule has 1 fully saturated rings. The van der Waals surface area contributed by atoms with E-state index in [-0.39, 0.29) is 37.2 Å². The van der Waals surface area contributed by atoms with E-state index in [0.717, 1.165) is 0 Å². The van der Waals surface area contributed by atoms with Crippen molar-refractivity contribution < 1.29 is 33.4 Å². The van der Waals surface area contributed by atoms with Crippen molar-refractivity contribution in [1.29, 1.82) is 0 Å². The predicted molar refractivity (Wildman–Crippen MR) is 102 cm³/mol. The molecule has 0 bridgehead atoms. The van der Waals surface area contributed by atoms with Crippen molar-refractivity contribution in [2.75, 3.05) is 19.8 Å². The summed E-state index contributed by atoms with van der Waals surface area (Å²) in [7, 11) is 0. The second-order valence-corrected chi connectivity index (χ2v) is 8.18. The molecule has 1 heterocycles. The van der Waals surface area contributed by atoms with Gasteiger partial charge in [-0.3, -0.25) is 14.4 Å². The van der Waals surface area contributed by atoms with Crippen LogP contribution in [0.15, 0.2) is 23.8 Å². The number of ether oxygens (including phenoxy) is 2. The second kappa shape index (κ2) is 7.59. The number of aliphatic hydroxyl groups is 1. The molecule has 156 valence electrons. The molecular formula is C21H24FNO6. The molecular weight excluding hydrogens is 381 g/mol. The average Bonchev–Trinajstić information content (AvgIpc) is 2.64. The molecule has 2 N–H and O–H groups in total. The second-order valence-electron chi connectivity index (χ2n) is 8.18. The summed E-state index contributed by atoms with van der Waals surface area (Å²) in [6.45, 7) is 5.05. The van der Waals surface area contributed by atoms with Crippen LogP contribution < -0.4 is 5.32 Å². The van der Waals surface area contributed by atoms with Crippen molar-refractivity contribution in [3.8, 4) is 0 Å². The minimum Gasteiger partial charge on any atom is -0.506 e. The third kappa shape index (κ3) is 3.89. The summed E-state index contributed by atoms with van der Waals surface area (Å²) in [5.74, 6) is -3.46. The van der Waals surface area contributed by atoms with Crippen molar-refractivity contribution >= 4 is 23.4 Å². The first-order valence-corrected chi connectivity index (χ1v) is 9.42. The molecule has 0 unspecified atom stereocenters. The van der Waals surface area contributed by atoms with Gasteiger partial charge in [-0.15, -0.1) is 0 Å². The van der Waals surface area contributed by atoms with Gasteiger partial charge in [0.15, 0.2) is 5.78 Å². The molecule has 2 aliphatic rings. The Morgan fingerprint density at radius 1 is 1.28 bits per heavy atom. The largest absolute Gasteiger partial charge is 0.506 e. The Morgan fingerprint density at radius 3 is 2.55 bits per heavy atom. The van der Waals surface area contributed by atoms with Gasteiger partial charge in [0.25, 0.3) is 5.91 Å². The molecule has 0 radical (unpaired) electrons. The van der Waals surface area contributed by atoms with Crippen molar-refractivity contribution in [2.45, 2.75) is 44.6 Å². The maximum atomic E-state index is 14.7. The Labute approximate surface area is 167 Å². The number of halogens is 1. The van der Waals surface area contributed by atoms with Crippen molar-refractivity contribution in [2.24, 2.45) is 0 Å². The highest BCUT2D eigenvalue weighted by atomic mass is 19.1. The Kier molecular flexibility index (Phi) is 5.49. The molecule has 3 rings (SSSR count). The van der Waals surface area contributed by atoms with Crippen molar-refractivity contribution in [3.63, 3.8) is 0 Å². The minimum absolute atomic E-state index is 0.0921. The third-order valence-corrected chi connectivity index (χ3v) is 5.03. The number of rotatable bonds is 3. The summed E-state index contributed by atoms with van der Waals surface area (Å²) in [6.07, 6.45) is 0.381. The van der Waals surface area contributed by atoms with Crippen molar-refractivity contribution in [3.05, 3.63) is 40.7 Å². The zero-order valence-corrected chi connectivity index (χ0v) is 16.6. The van der Waals surface area contributed by atoms with Gasteiger partial charge in [0.1, 0.15) is 29.3 Å². The molecule has 1 aliphatic carbocycles. The molecule has 1 amide bonds. The highest BCUT2D eigenvalue weighted by Crippen LogP contribution is 2.46. The lowest BCUT2D eigenvalue weighted by molar-refractivity contribution is -0.154. The molecule has 1 aromatic carbocycles. The third-order valence-electron chi connectivity index (χ3n) is 5.03. The number of esters is 1. The van der Waals surface area contributed by atoms with Gasteiger partial charge in [0.2, 0.25) is 0 Å². The molecule has 1 aromatic rings. The van der Waals surface area contributed by atoms with Gasteiger partial charge in [0, 0.05) is 24.3 Å². The van der Waals surface area contributed by atoms with Gasteiger partial charge in [-0.1, -0.05) is 12.1 Å². The number of carbonyl (C=O) groups is 3. The van der Waals surface area contributed by atoms with E-state index in [0.29, 0.717) is 0 Å². The van der Waals surface area contributed by atoms with E-state index in [1.807, 2.05) is 0 Å². The molecule has 0 saturated carbocycles. The fourth-order valence-corrected chi connectivity index (χ4v) is 3.83. The first-order chi connectivity index (χ1) is 13.6. The number of ketones is 1. The van der Waals surface area contributed by atoms with Crippen LogP contribution in [0.4, 0.5) is 4.39 Å². The summed E-state index contributed by atoms with van der Waals surface area (Å²) in [4.78, 5) is 37.9. The van der Waals surface area contributed by atoms with Crippen LogP contribution in [-0.2, 0) is 29.3 Å². The molecule has 29 heavy (non-hydrogen) atoms. The number of carbonyl (C=O) groups excluding carboxylic acids is 3. The average molecular weight is 405 g/mol. The lowest BCUT2D eigenvalue weighted by Crippen LogP contribution is -2.49. The minimum atomic E-state index is -1.29. The summed E-state index contributed by atoms with van der Waals surface area (Å²) in [6, 6.07) is 4.10. The van der Waals surface area contributed by atoms with Gasteiger partial charge < -0.3 is 19.9 Å². The fourth-order valence-electron chi connectivity index (χ4n) is 3.83. The standard InChI is InChI=1S/C21H24FNO6/c1-20(2,3)29-14(24)11-23-19(27)15-17(25)12-5-4-6-13(22)16(12)21(18(15)26)7-9-28-10-8-21/h4-6,25H,7-11H2,1-3H3,(H,23,27). The normalized spacial score (nSPS) is 18.4. The van der Waals surface area contributed by atoms with E-state index in [2.05, 4.69) is 5.32 Å². The number of aliphatic hydroxyl groups excluding tert-OH is 1. The summed E-state index contributed by atoms with van der Waals surface area (Å²) < 4.78 is 25.2. The quantitative estimate of drug-likeness (QED) is 0.590. The molecule has 8 heteroatoms. The lowest BCUT2D eigenvalue weighted by atomic mass is 9.64. The summed E-state index contributed by atoms with van der Waals surface area (Å²) >= 11 is 0. The molecule has 1 aliphatic heterocycles. The molecule has 1 spiro atoms. The summed E-state index contributed by atoms with van der Waals surface area (Å²) in [5.41, 5.74) is -2.30. The van der Waals surface area contributed by atoms with E-state index < -0.39 is 52.4 Å². The van der Waals surface area contributed by atoms with Crippen LogP contribution in [0.3, 0.4) is 0 Å². The number of nitrogens with one attached hydrogen (secondary N) is 1. The predicted octanol–water partition coefficient (Wildman–Crippen LogP) is 2.18. The van der Waals surface area contributed by atoms with Gasteiger partial charge in [-0.2, -0.15) is 0 Å². The van der Waals surface area contributed by atoms with Gasteiger partial charge in [-0.05, 0) is 39.7 Å². The number of Topliss-reactive ketones (excluding diaryl/α,β-unsaturated/α-hetero) is 1. The topological polar surface area (TPSA) is 102 Å². The van der Waals surface area contributed by atoms with Crippen LogP contribution in [0, 0.1) is 5.82 Å². The van der Waals surface area contributed by atoms with E-state index in [4.69, 9.17) is 9.47 Å². The van der Waals surface area contributed by atoms with Crippen LogP contribution >= 0.6 is 0 Å². The van der Waals surface area contributed by atoms with Crippen molar-refractivity contribution in [1.82, 2.24) is 5.32 Å². The maximum Gasteiger partial charge on any atom is 0.325 e. The number of fused-ring (bicyclic) bond motifs is 2. The number of amides is 1. The summed E-state index contributed by atoms with van der Waals surface area (Å²) in [5, 5.41) is 13.0. The van der Waals surface area contributed by atoms with Gasteiger partial charge in [0.05, 0.1) is 5.41 Å². The van der Waals surface area contributed by atoms with E-state index in [1.54, 1.807) is 20.8 Å². The zero-order chi connectivity index (χ0) is 21.4. The number of hydrogen-bond donors (Lipinski definition) is 2. The molecule has 1 saturated heterocycles. The molecule has 7 nitrogen and oxygen atoms in total. The number of benzene rings is 1. The van der Waals surface area contributed by atoms with E-state index in [9.17, 15) is 23.9 Å². The lowest BCUT2D eigenvalue weighted by Gasteiger charge is -2.40. The first kappa shape index (κ1) is 21.0. The fraction of sp³-hybridized carbons (Fsp3) is 0.476. The molecule has 0 aromatic heterocycles. The Morgan fingerprint density at radius 2 is 1.93 bits per heavy atom.